The SMILES string of the molecule is CCNc1cc(NCC(=O)N(C)C)nc(SC)n1. The average Bonchev–Trinajstić information content (AvgIpc) is 2.35. The Morgan fingerprint density at radius 3 is 2.44 bits per heavy atom. The Bertz CT molecular complexity index is 410. The van der Waals surface area contributed by atoms with Crippen molar-refractivity contribution in [1.29, 1.82) is 0 Å². The molecule has 0 radical (unpaired) electrons. The molecule has 0 bridgehead atoms. The Kier molecular flexibility index (Phi) is 5.70. The van der Waals surface area contributed by atoms with Crippen LogP contribution in [0.2, 0.25) is 0 Å². The molecule has 0 aliphatic heterocycles. The van der Waals surface area contributed by atoms with Gasteiger partial charge in [-0.3, -0.25) is 4.79 Å². The van der Waals surface area contributed by atoms with Crippen LogP contribution in [0.5, 0.6) is 0 Å². The maximum atomic E-state index is 11.5. The van der Waals surface area contributed by atoms with Crippen LogP contribution >= 0.6 is 11.8 Å². The van der Waals surface area contributed by atoms with Crippen molar-refractivity contribution in [3.8, 4) is 0 Å². The maximum Gasteiger partial charge on any atom is 0.241 e. The number of nitrogens with zero attached hydrogens (tertiary/aromatic N) is 3. The number of aromatic nitrogens is 2. The van der Waals surface area contributed by atoms with Gasteiger partial charge < -0.3 is 15.5 Å². The molecule has 0 aliphatic rings. The van der Waals surface area contributed by atoms with Crippen molar-refractivity contribution in [1.82, 2.24) is 14.9 Å². The van der Waals surface area contributed by atoms with Crippen molar-refractivity contribution in [2.75, 3.05) is 44.1 Å². The van der Waals surface area contributed by atoms with Gasteiger partial charge in [-0.1, -0.05) is 11.8 Å². The van der Waals surface area contributed by atoms with E-state index in [0.29, 0.717) is 11.0 Å². The molecule has 0 aliphatic carbocycles. The number of carbonyl (C=O) groups excluding carboxylic acids is 1. The number of rotatable bonds is 6. The summed E-state index contributed by atoms with van der Waals surface area (Å²) < 4.78 is 0. The van der Waals surface area contributed by atoms with Crippen LogP contribution in [-0.2, 0) is 4.79 Å². The van der Waals surface area contributed by atoms with Crippen LogP contribution in [0.3, 0.4) is 0 Å². The minimum absolute atomic E-state index is 0.00399. The second-order valence-electron chi connectivity index (χ2n) is 3.80. The van der Waals surface area contributed by atoms with E-state index in [1.165, 1.54) is 16.7 Å². The van der Waals surface area contributed by atoms with Crippen molar-refractivity contribution in [2.24, 2.45) is 0 Å². The molecule has 0 saturated heterocycles. The van der Waals surface area contributed by atoms with E-state index in [2.05, 4.69) is 20.6 Å². The third-order valence-electron chi connectivity index (χ3n) is 2.17. The molecule has 1 rings (SSSR count). The highest BCUT2D eigenvalue weighted by Gasteiger charge is 2.06. The quantitative estimate of drug-likeness (QED) is 0.596. The number of hydrogen-bond donors (Lipinski definition) is 2. The summed E-state index contributed by atoms with van der Waals surface area (Å²) in [4.78, 5) is 21.6. The fourth-order valence-corrected chi connectivity index (χ4v) is 1.58. The summed E-state index contributed by atoms with van der Waals surface area (Å²) in [7, 11) is 3.45. The van der Waals surface area contributed by atoms with Crippen molar-refractivity contribution in [3.05, 3.63) is 6.07 Å². The molecule has 1 aromatic rings. The van der Waals surface area contributed by atoms with Crippen LogP contribution < -0.4 is 10.6 Å². The lowest BCUT2D eigenvalue weighted by atomic mass is 10.4. The number of thioether (sulfide) groups is 1. The largest absolute Gasteiger partial charge is 0.370 e. The number of carbonyl (C=O) groups is 1. The number of amides is 1. The second-order valence-corrected chi connectivity index (χ2v) is 4.57. The van der Waals surface area contributed by atoms with E-state index in [1.807, 2.05) is 13.2 Å². The molecule has 6 nitrogen and oxygen atoms in total. The first-order valence-corrected chi connectivity index (χ1v) is 6.90. The van der Waals surface area contributed by atoms with Gasteiger partial charge in [0.05, 0.1) is 6.54 Å². The van der Waals surface area contributed by atoms with Gasteiger partial charge in [-0.2, -0.15) is 0 Å². The number of nitrogens with one attached hydrogen (secondary N) is 2. The number of anilines is 2. The first-order valence-electron chi connectivity index (χ1n) is 5.67. The van der Waals surface area contributed by atoms with Crippen LogP contribution in [0.15, 0.2) is 11.2 Å². The second kappa shape index (κ2) is 7.05. The van der Waals surface area contributed by atoms with E-state index in [0.717, 1.165) is 12.4 Å². The zero-order valence-corrected chi connectivity index (χ0v) is 12.0. The minimum Gasteiger partial charge on any atom is -0.370 e. The molecule has 7 heteroatoms. The summed E-state index contributed by atoms with van der Waals surface area (Å²) >= 11 is 1.47. The highest BCUT2D eigenvalue weighted by Crippen LogP contribution is 2.16. The standard InChI is InChI=1S/C11H19N5OS/c1-5-12-8-6-9(15-11(14-8)18-4)13-7-10(17)16(2)3/h6H,5,7H2,1-4H3,(H2,12,13,14,15). The van der Waals surface area contributed by atoms with E-state index in [1.54, 1.807) is 20.2 Å². The van der Waals surface area contributed by atoms with Crippen molar-refractivity contribution < 1.29 is 4.79 Å². The van der Waals surface area contributed by atoms with E-state index < -0.39 is 0 Å². The summed E-state index contributed by atoms with van der Waals surface area (Å²) in [5.74, 6) is 1.42. The number of hydrogen-bond acceptors (Lipinski definition) is 6. The first-order chi connectivity index (χ1) is 8.56. The van der Waals surface area contributed by atoms with Gasteiger partial charge in [0, 0.05) is 26.7 Å². The fraction of sp³-hybridized carbons (Fsp3) is 0.545. The van der Waals surface area contributed by atoms with Gasteiger partial charge in [0.1, 0.15) is 11.6 Å². The molecule has 2 N–H and O–H groups in total. The molecule has 0 atom stereocenters. The van der Waals surface area contributed by atoms with Gasteiger partial charge in [-0.05, 0) is 13.2 Å². The monoisotopic (exact) mass is 269 g/mol. The van der Waals surface area contributed by atoms with E-state index in [9.17, 15) is 4.79 Å². The number of likely N-dealkylation sites (N-methyl/N-ethyl adjacent to an activating group) is 1. The molecule has 0 unspecified atom stereocenters. The molecule has 18 heavy (non-hydrogen) atoms. The molecule has 0 fully saturated rings. The zero-order chi connectivity index (χ0) is 13.5. The molecule has 1 aromatic heterocycles. The summed E-state index contributed by atoms with van der Waals surface area (Å²) in [6, 6.07) is 1.80. The van der Waals surface area contributed by atoms with Gasteiger partial charge in [0.15, 0.2) is 5.16 Å². The van der Waals surface area contributed by atoms with Crippen molar-refractivity contribution >= 4 is 29.3 Å². The Hall–Kier alpha value is -1.50. The lowest BCUT2D eigenvalue weighted by Crippen LogP contribution is -2.28. The molecular weight excluding hydrogens is 250 g/mol. The van der Waals surface area contributed by atoms with Crippen LogP contribution in [0.1, 0.15) is 6.92 Å². The Morgan fingerprint density at radius 1 is 1.33 bits per heavy atom. The summed E-state index contributed by atoms with van der Waals surface area (Å²) in [5.41, 5.74) is 0. The summed E-state index contributed by atoms with van der Waals surface area (Å²) in [6.07, 6.45) is 1.92. The van der Waals surface area contributed by atoms with Crippen LogP contribution in [0, 0.1) is 0 Å². The van der Waals surface area contributed by atoms with Crippen molar-refractivity contribution in [3.63, 3.8) is 0 Å². The van der Waals surface area contributed by atoms with Crippen LogP contribution in [0.4, 0.5) is 11.6 Å². The highest BCUT2D eigenvalue weighted by molar-refractivity contribution is 7.98. The molecular formula is C11H19N5OS. The molecule has 0 spiro atoms. The van der Waals surface area contributed by atoms with Gasteiger partial charge in [-0.25, -0.2) is 9.97 Å². The fourth-order valence-electron chi connectivity index (χ4n) is 1.20. The van der Waals surface area contributed by atoms with Gasteiger partial charge in [0.2, 0.25) is 5.91 Å². The molecule has 1 heterocycles. The summed E-state index contributed by atoms with van der Waals surface area (Å²) in [5, 5.41) is 6.81. The van der Waals surface area contributed by atoms with E-state index in [-0.39, 0.29) is 12.5 Å². The predicted octanol–water partition coefficient (Wildman–Crippen LogP) is 1.13. The Balaban J connectivity index is 2.75. The Morgan fingerprint density at radius 2 is 1.94 bits per heavy atom. The predicted molar refractivity (Wildman–Crippen MR) is 75.2 cm³/mol. The molecule has 0 aromatic carbocycles. The van der Waals surface area contributed by atoms with Gasteiger partial charge in [-0.15, -0.1) is 0 Å². The van der Waals surface area contributed by atoms with E-state index in [4.69, 9.17) is 0 Å². The minimum atomic E-state index is 0.00399. The average molecular weight is 269 g/mol. The molecule has 100 valence electrons. The normalized spacial score (nSPS) is 10.0. The van der Waals surface area contributed by atoms with Crippen LogP contribution in [0.25, 0.3) is 0 Å². The lowest BCUT2D eigenvalue weighted by Gasteiger charge is -2.12. The summed E-state index contributed by atoms with van der Waals surface area (Å²) in [6.45, 7) is 3.02. The van der Waals surface area contributed by atoms with Gasteiger partial charge in [0.25, 0.3) is 0 Å². The smallest absolute Gasteiger partial charge is 0.241 e. The lowest BCUT2D eigenvalue weighted by molar-refractivity contribution is -0.126. The third-order valence-corrected chi connectivity index (χ3v) is 2.71. The highest BCUT2D eigenvalue weighted by atomic mass is 32.2. The van der Waals surface area contributed by atoms with Crippen LogP contribution in [-0.4, -0.2) is 54.2 Å². The zero-order valence-electron chi connectivity index (χ0n) is 11.1. The topological polar surface area (TPSA) is 70.2 Å². The van der Waals surface area contributed by atoms with Gasteiger partial charge >= 0.3 is 0 Å². The molecule has 1 amide bonds. The maximum absolute atomic E-state index is 11.5. The van der Waals surface area contributed by atoms with Crippen molar-refractivity contribution in [2.45, 2.75) is 12.1 Å². The molecule has 0 saturated carbocycles. The Labute approximate surface area is 112 Å². The first kappa shape index (κ1) is 14.6. The third kappa shape index (κ3) is 4.40. The van der Waals surface area contributed by atoms with E-state index >= 15 is 0 Å².